The van der Waals surface area contributed by atoms with Crippen LogP contribution in [-0.2, 0) is 0 Å². The number of aromatic nitrogens is 1. The Morgan fingerprint density at radius 1 is 1.67 bits per heavy atom. The van der Waals surface area contributed by atoms with E-state index in [0.29, 0.717) is 11.6 Å². The van der Waals surface area contributed by atoms with Gasteiger partial charge in [-0.2, -0.15) is 0 Å². The third kappa shape index (κ3) is 2.40. The Bertz CT molecular complexity index is 326. The van der Waals surface area contributed by atoms with Crippen molar-refractivity contribution in [3.63, 3.8) is 0 Å². The first-order chi connectivity index (χ1) is 7.31. The van der Waals surface area contributed by atoms with Gasteiger partial charge in [0, 0.05) is 17.4 Å². The minimum atomic E-state index is -0.137. The number of rotatable bonds is 3. The summed E-state index contributed by atoms with van der Waals surface area (Å²) in [5.74, 6) is 0.405. The van der Waals surface area contributed by atoms with Crippen LogP contribution in [0.3, 0.4) is 0 Å². The molecule has 82 valence electrons. The zero-order valence-corrected chi connectivity index (χ0v) is 9.87. The Labute approximate surface area is 96.5 Å². The van der Waals surface area contributed by atoms with Gasteiger partial charge >= 0.3 is 0 Å². The van der Waals surface area contributed by atoms with Gasteiger partial charge in [0.05, 0.1) is 0 Å². The second-order valence-electron chi connectivity index (χ2n) is 3.81. The molecule has 1 saturated carbocycles. The normalized spacial score (nSPS) is 25.4. The maximum absolute atomic E-state index is 11.7. The van der Waals surface area contributed by atoms with E-state index in [1.165, 1.54) is 19.1 Å². The van der Waals surface area contributed by atoms with Crippen molar-refractivity contribution < 1.29 is 9.32 Å². The van der Waals surface area contributed by atoms with E-state index in [4.69, 9.17) is 0 Å². The van der Waals surface area contributed by atoms with Crippen molar-refractivity contribution >= 4 is 21.8 Å². The quantitative estimate of drug-likeness (QED) is 0.856. The van der Waals surface area contributed by atoms with Gasteiger partial charge in [-0.15, -0.1) is 0 Å². The maximum atomic E-state index is 11.7. The van der Waals surface area contributed by atoms with Crippen molar-refractivity contribution in [3.05, 3.63) is 18.0 Å². The highest BCUT2D eigenvalue weighted by Gasteiger charge is 2.28. The molecule has 2 rings (SSSR count). The molecule has 1 fully saturated rings. The Hall–Kier alpha value is -0.840. The number of amides is 1. The third-order valence-corrected chi connectivity index (χ3v) is 3.68. The lowest BCUT2D eigenvalue weighted by Crippen LogP contribution is -2.38. The molecule has 0 bridgehead atoms. The zero-order valence-electron chi connectivity index (χ0n) is 8.28. The van der Waals surface area contributed by atoms with E-state index in [9.17, 15) is 4.79 Å². The molecule has 1 aliphatic carbocycles. The van der Waals surface area contributed by atoms with Crippen LogP contribution in [0.15, 0.2) is 16.9 Å². The molecule has 1 aliphatic rings. The monoisotopic (exact) mass is 272 g/mol. The fraction of sp³-hybridized carbons (Fsp3) is 0.600. The van der Waals surface area contributed by atoms with E-state index in [2.05, 4.69) is 30.9 Å². The van der Waals surface area contributed by atoms with Crippen molar-refractivity contribution in [1.82, 2.24) is 10.5 Å². The van der Waals surface area contributed by atoms with Gasteiger partial charge in [0.1, 0.15) is 6.26 Å². The first kappa shape index (κ1) is 10.7. The Morgan fingerprint density at radius 2 is 2.53 bits per heavy atom. The molecule has 1 N–H and O–H groups in total. The van der Waals surface area contributed by atoms with Crippen molar-refractivity contribution in [2.75, 3.05) is 5.33 Å². The molecular formula is C10H13BrN2O2. The van der Waals surface area contributed by atoms with E-state index in [1.807, 2.05) is 0 Å². The molecule has 2 atom stereocenters. The van der Waals surface area contributed by atoms with Crippen LogP contribution in [-0.4, -0.2) is 22.4 Å². The van der Waals surface area contributed by atoms with Gasteiger partial charge in [0.2, 0.25) is 0 Å². The molecule has 0 spiro atoms. The second-order valence-corrected chi connectivity index (χ2v) is 4.46. The van der Waals surface area contributed by atoms with E-state index in [0.717, 1.165) is 11.8 Å². The largest absolute Gasteiger partial charge is 0.364 e. The second kappa shape index (κ2) is 4.79. The van der Waals surface area contributed by atoms with Crippen LogP contribution in [0.25, 0.3) is 0 Å². The van der Waals surface area contributed by atoms with Crippen LogP contribution in [0, 0.1) is 5.92 Å². The zero-order chi connectivity index (χ0) is 10.7. The third-order valence-electron chi connectivity index (χ3n) is 2.84. The highest BCUT2D eigenvalue weighted by molar-refractivity contribution is 9.09. The standard InChI is InChI=1S/C10H13BrN2O2/c11-6-7-2-1-3-8(7)12-10(14)9-4-5-15-13-9/h4-5,7-8H,1-3,6H2,(H,12,14). The summed E-state index contributed by atoms with van der Waals surface area (Å²) in [4.78, 5) is 11.7. The van der Waals surface area contributed by atoms with E-state index in [-0.39, 0.29) is 11.9 Å². The van der Waals surface area contributed by atoms with Gasteiger partial charge in [-0.1, -0.05) is 27.5 Å². The predicted octanol–water partition coefficient (Wildman–Crippen LogP) is 1.97. The average Bonchev–Trinajstić information content (AvgIpc) is 2.87. The van der Waals surface area contributed by atoms with Crippen LogP contribution in [0.4, 0.5) is 0 Å². The molecule has 1 heterocycles. The minimum Gasteiger partial charge on any atom is -0.364 e. The number of nitrogens with one attached hydrogen (secondary N) is 1. The number of carbonyl (C=O) groups is 1. The van der Waals surface area contributed by atoms with E-state index < -0.39 is 0 Å². The average molecular weight is 273 g/mol. The summed E-state index contributed by atoms with van der Waals surface area (Å²) in [5.41, 5.74) is 0.357. The molecule has 4 nitrogen and oxygen atoms in total. The summed E-state index contributed by atoms with van der Waals surface area (Å²) in [6.45, 7) is 0. The van der Waals surface area contributed by atoms with Gasteiger partial charge in [0.25, 0.3) is 5.91 Å². The van der Waals surface area contributed by atoms with Crippen molar-refractivity contribution in [1.29, 1.82) is 0 Å². The first-order valence-corrected chi connectivity index (χ1v) is 6.20. The van der Waals surface area contributed by atoms with Crippen molar-refractivity contribution in [2.45, 2.75) is 25.3 Å². The predicted molar refractivity (Wildman–Crippen MR) is 58.9 cm³/mol. The fourth-order valence-electron chi connectivity index (χ4n) is 1.98. The molecule has 0 aromatic carbocycles. The lowest BCUT2D eigenvalue weighted by Gasteiger charge is -2.17. The SMILES string of the molecule is O=C(NC1CCCC1CBr)c1ccon1. The van der Waals surface area contributed by atoms with Crippen LogP contribution in [0.5, 0.6) is 0 Å². The molecule has 1 amide bonds. The number of halogens is 1. The van der Waals surface area contributed by atoms with Gasteiger partial charge in [-0.05, 0) is 18.8 Å². The Kier molecular flexibility index (Phi) is 3.41. The number of hydrogen-bond acceptors (Lipinski definition) is 3. The molecule has 5 heteroatoms. The fourth-order valence-corrected chi connectivity index (χ4v) is 2.76. The van der Waals surface area contributed by atoms with Crippen molar-refractivity contribution in [2.24, 2.45) is 5.92 Å². The smallest absolute Gasteiger partial charge is 0.273 e. The molecule has 0 radical (unpaired) electrons. The van der Waals surface area contributed by atoms with Crippen LogP contribution in [0.2, 0.25) is 0 Å². The van der Waals surface area contributed by atoms with Gasteiger partial charge in [-0.3, -0.25) is 4.79 Å². The van der Waals surface area contributed by atoms with Gasteiger partial charge in [-0.25, -0.2) is 0 Å². The summed E-state index contributed by atoms with van der Waals surface area (Å²) < 4.78 is 4.63. The lowest BCUT2D eigenvalue weighted by molar-refractivity contribution is 0.0921. The van der Waals surface area contributed by atoms with Gasteiger partial charge < -0.3 is 9.84 Å². The van der Waals surface area contributed by atoms with Crippen LogP contribution in [0.1, 0.15) is 29.8 Å². The molecular weight excluding hydrogens is 260 g/mol. The molecule has 15 heavy (non-hydrogen) atoms. The summed E-state index contributed by atoms with van der Waals surface area (Å²) in [5, 5.41) is 7.54. The number of alkyl halides is 1. The highest BCUT2D eigenvalue weighted by Crippen LogP contribution is 2.27. The number of carbonyl (C=O) groups excluding carboxylic acids is 1. The van der Waals surface area contributed by atoms with Gasteiger partial charge in [0.15, 0.2) is 5.69 Å². The summed E-state index contributed by atoms with van der Waals surface area (Å²) >= 11 is 3.47. The van der Waals surface area contributed by atoms with E-state index in [1.54, 1.807) is 6.07 Å². The Morgan fingerprint density at radius 3 is 3.20 bits per heavy atom. The Balaban J connectivity index is 1.94. The first-order valence-electron chi connectivity index (χ1n) is 5.08. The summed E-state index contributed by atoms with van der Waals surface area (Å²) in [7, 11) is 0. The lowest BCUT2D eigenvalue weighted by atomic mass is 10.1. The summed E-state index contributed by atoms with van der Waals surface area (Å²) in [6, 6.07) is 1.85. The van der Waals surface area contributed by atoms with Crippen LogP contribution >= 0.6 is 15.9 Å². The molecule has 0 saturated heterocycles. The highest BCUT2D eigenvalue weighted by atomic mass is 79.9. The summed E-state index contributed by atoms with van der Waals surface area (Å²) in [6.07, 6.45) is 4.82. The van der Waals surface area contributed by atoms with E-state index >= 15 is 0 Å². The van der Waals surface area contributed by atoms with Crippen molar-refractivity contribution in [3.8, 4) is 0 Å². The number of nitrogens with zero attached hydrogens (tertiary/aromatic N) is 1. The number of hydrogen-bond donors (Lipinski definition) is 1. The topological polar surface area (TPSA) is 55.1 Å². The molecule has 0 aliphatic heterocycles. The molecule has 1 aromatic rings. The van der Waals surface area contributed by atoms with Crippen LogP contribution < -0.4 is 5.32 Å². The minimum absolute atomic E-state index is 0.137. The maximum Gasteiger partial charge on any atom is 0.273 e. The molecule has 1 aromatic heterocycles. The molecule has 2 unspecified atom stereocenters.